The van der Waals surface area contributed by atoms with Gasteiger partial charge in [0.1, 0.15) is 13.2 Å². The predicted octanol–water partition coefficient (Wildman–Crippen LogP) is 24.9. The van der Waals surface area contributed by atoms with Crippen LogP contribution in [0.2, 0.25) is 0 Å². The Bertz CT molecular complexity index is 2020. The maximum atomic E-state index is 13.0. The highest BCUT2D eigenvalue weighted by Crippen LogP contribution is 2.19. The van der Waals surface area contributed by atoms with Gasteiger partial charge in [0.2, 0.25) is 0 Å². The molecule has 0 heterocycles. The van der Waals surface area contributed by atoms with Crippen molar-refractivity contribution in [2.75, 3.05) is 47.5 Å². The van der Waals surface area contributed by atoms with Crippen LogP contribution in [0.15, 0.2) is 122 Å². The molecular formula is C88H153NO8. The number of allylic oxidation sites excluding steroid dienone is 20. The van der Waals surface area contributed by atoms with E-state index in [-0.39, 0.29) is 38.6 Å². The minimum atomic E-state index is -1.63. The summed E-state index contributed by atoms with van der Waals surface area (Å²) in [4.78, 5) is 37.6. The number of ether oxygens (including phenoxy) is 4. The summed E-state index contributed by atoms with van der Waals surface area (Å²) < 4.78 is 22.8. The molecular weight excluding hydrogens is 1200 g/mol. The van der Waals surface area contributed by atoms with Gasteiger partial charge in [-0.2, -0.15) is 0 Å². The monoisotopic (exact) mass is 1350 g/mol. The Labute approximate surface area is 599 Å². The molecule has 9 heteroatoms. The SMILES string of the molecule is CC/C=C\C/C=C\C/C=C\C/C=C\C/C=C\C/C=C\C/C=C\C/C=C\C/C=C\C/C=C\CCCCCCCCC(=O)OC(COC(=O)CCCCCCCCCCCCCCCCCCCCCCCCCCCCCCCCCCCCC)COC(OCC[N+](C)(C)C)C(=O)[O-]. The van der Waals surface area contributed by atoms with Crippen LogP contribution in [0.3, 0.4) is 0 Å². The molecule has 0 saturated heterocycles. The summed E-state index contributed by atoms with van der Waals surface area (Å²) in [6, 6.07) is 0. The smallest absolute Gasteiger partial charge is 0.306 e. The molecule has 2 unspecified atom stereocenters. The number of likely N-dealkylation sites (N-methyl/N-ethyl adjacent to an activating group) is 1. The molecule has 9 nitrogen and oxygen atoms in total. The number of rotatable bonds is 75. The van der Waals surface area contributed by atoms with Crippen molar-refractivity contribution in [3.63, 3.8) is 0 Å². The summed E-state index contributed by atoms with van der Waals surface area (Å²) in [6.45, 7) is 4.66. The van der Waals surface area contributed by atoms with Gasteiger partial charge in [0, 0.05) is 12.8 Å². The van der Waals surface area contributed by atoms with E-state index in [1.165, 1.54) is 205 Å². The van der Waals surface area contributed by atoms with Gasteiger partial charge in [-0.3, -0.25) is 9.59 Å². The van der Waals surface area contributed by atoms with Crippen molar-refractivity contribution < 1.29 is 42.9 Å². The van der Waals surface area contributed by atoms with Crippen molar-refractivity contribution in [1.29, 1.82) is 0 Å². The van der Waals surface area contributed by atoms with Crippen molar-refractivity contribution in [2.45, 2.75) is 373 Å². The van der Waals surface area contributed by atoms with Crippen molar-refractivity contribution in [3.8, 4) is 0 Å². The molecule has 558 valence electrons. The summed E-state index contributed by atoms with van der Waals surface area (Å²) in [5.74, 6) is -2.29. The number of aliphatic carboxylic acids is 1. The number of carboxylic acid groups (broad SMARTS) is 1. The third-order valence-corrected chi connectivity index (χ3v) is 17.7. The molecule has 0 amide bonds. The molecule has 0 fully saturated rings. The van der Waals surface area contributed by atoms with Crippen molar-refractivity contribution >= 4 is 17.9 Å². The Morgan fingerprint density at radius 1 is 0.320 bits per heavy atom. The molecule has 0 N–H and O–H groups in total. The standard InChI is InChI=1S/C88H153NO8/c1-6-8-10-12-14-16-18-20-22-24-26-28-30-32-34-36-38-40-42-43-45-47-49-51-53-55-57-59-61-63-65-67-69-71-73-75-77-79-86(91)97-84(83-96-88(87(92)93)94-81-80-89(3,4)5)82-95-85(90)78-76-74-72-70-68-66-64-62-60-58-56-54-52-50-48-46-44-41-39-37-35-33-31-29-27-25-23-21-19-17-15-13-11-9-7-2/h8,10,14,16,20,22,26,28,32,34,38,40,43,45,49,51,55,57,61,63,84,88H,6-7,9,11-13,15,17-19,21,23-25,27,29-31,33,35-37,39,41-42,44,46-48,50,52-54,56,58-60,62,64-83H2,1-5H3/b10-8-,16-14-,22-20-,28-26-,34-32-,40-38-,45-43-,51-49-,57-55-,63-61-. The molecule has 0 aliphatic carbocycles. The van der Waals surface area contributed by atoms with E-state index in [1.54, 1.807) is 0 Å². The second-order valence-electron chi connectivity index (χ2n) is 28.3. The first-order chi connectivity index (χ1) is 47.6. The molecule has 0 aromatic carbocycles. The molecule has 0 aromatic rings. The zero-order valence-electron chi connectivity index (χ0n) is 63.9. The van der Waals surface area contributed by atoms with Gasteiger partial charge in [-0.05, 0) is 89.9 Å². The average molecular weight is 1350 g/mol. The highest BCUT2D eigenvalue weighted by molar-refractivity contribution is 5.70. The molecule has 0 rings (SSSR count). The van der Waals surface area contributed by atoms with E-state index in [9.17, 15) is 19.5 Å². The van der Waals surface area contributed by atoms with Gasteiger partial charge >= 0.3 is 11.9 Å². The minimum absolute atomic E-state index is 0.140. The first kappa shape index (κ1) is 92.7. The van der Waals surface area contributed by atoms with Crippen LogP contribution in [0.4, 0.5) is 0 Å². The lowest BCUT2D eigenvalue weighted by Gasteiger charge is -2.26. The van der Waals surface area contributed by atoms with Gasteiger partial charge in [-0.1, -0.05) is 379 Å². The van der Waals surface area contributed by atoms with E-state index in [2.05, 4.69) is 135 Å². The number of esters is 2. The number of hydrogen-bond acceptors (Lipinski definition) is 8. The Morgan fingerprint density at radius 2 is 0.588 bits per heavy atom. The number of nitrogens with zero attached hydrogens (tertiary/aromatic N) is 1. The summed E-state index contributed by atoms with van der Waals surface area (Å²) in [7, 11) is 5.93. The zero-order chi connectivity index (χ0) is 70.4. The highest BCUT2D eigenvalue weighted by Gasteiger charge is 2.22. The van der Waals surface area contributed by atoms with Crippen molar-refractivity contribution in [1.82, 2.24) is 0 Å². The molecule has 0 radical (unpaired) electrons. The Kier molecular flexibility index (Phi) is 74.0. The molecule has 0 bridgehead atoms. The molecule has 0 aromatic heterocycles. The van der Waals surface area contributed by atoms with E-state index in [1.807, 2.05) is 21.1 Å². The fourth-order valence-corrected chi connectivity index (χ4v) is 11.6. The largest absolute Gasteiger partial charge is 0.545 e. The van der Waals surface area contributed by atoms with Crippen LogP contribution in [-0.2, 0) is 33.3 Å². The molecule has 0 spiro atoms. The van der Waals surface area contributed by atoms with Gasteiger partial charge in [0.25, 0.3) is 0 Å². The Hall–Kier alpha value is -4.31. The maximum absolute atomic E-state index is 13.0. The fourth-order valence-electron chi connectivity index (χ4n) is 11.6. The summed E-state index contributed by atoms with van der Waals surface area (Å²) in [5, 5.41) is 11.9. The van der Waals surface area contributed by atoms with Gasteiger partial charge in [0.15, 0.2) is 12.4 Å². The quantitative estimate of drug-likeness (QED) is 0.0195. The van der Waals surface area contributed by atoms with Crippen molar-refractivity contribution in [2.24, 2.45) is 0 Å². The third kappa shape index (κ3) is 78.9. The number of carboxylic acids is 1. The van der Waals surface area contributed by atoms with Crippen LogP contribution >= 0.6 is 0 Å². The second kappa shape index (κ2) is 77.4. The Morgan fingerprint density at radius 3 is 0.876 bits per heavy atom. The third-order valence-electron chi connectivity index (χ3n) is 17.7. The van der Waals surface area contributed by atoms with E-state index in [0.717, 1.165) is 122 Å². The maximum Gasteiger partial charge on any atom is 0.306 e. The van der Waals surface area contributed by atoms with Crippen LogP contribution in [0.25, 0.3) is 0 Å². The van der Waals surface area contributed by atoms with Gasteiger partial charge in [-0.25, -0.2) is 0 Å². The summed E-state index contributed by atoms with van der Waals surface area (Å²) >= 11 is 0. The second-order valence-corrected chi connectivity index (χ2v) is 28.3. The fraction of sp³-hybridized carbons (Fsp3) is 0.739. The molecule has 0 aliphatic rings. The summed E-state index contributed by atoms with van der Waals surface area (Å²) in [5.41, 5.74) is 0. The van der Waals surface area contributed by atoms with Gasteiger partial charge in [-0.15, -0.1) is 0 Å². The zero-order valence-corrected chi connectivity index (χ0v) is 63.9. The van der Waals surface area contributed by atoms with E-state index in [0.29, 0.717) is 17.4 Å². The molecule has 2 atom stereocenters. The summed E-state index contributed by atoms with van der Waals surface area (Å²) in [6.07, 6.45) is 108. The van der Waals surface area contributed by atoms with Crippen LogP contribution in [0, 0.1) is 0 Å². The first-order valence-corrected chi connectivity index (χ1v) is 40.7. The number of unbranched alkanes of at least 4 members (excludes halogenated alkanes) is 40. The van der Waals surface area contributed by atoms with Crippen LogP contribution in [0.5, 0.6) is 0 Å². The molecule has 97 heavy (non-hydrogen) atoms. The van der Waals surface area contributed by atoms with Crippen LogP contribution < -0.4 is 5.11 Å². The number of hydrogen-bond donors (Lipinski definition) is 0. The van der Waals surface area contributed by atoms with E-state index >= 15 is 0 Å². The molecule has 0 saturated carbocycles. The number of carbonyl (C=O) groups excluding carboxylic acids is 3. The van der Waals surface area contributed by atoms with E-state index in [4.69, 9.17) is 18.9 Å². The molecule has 0 aliphatic heterocycles. The number of carbonyl (C=O) groups is 3. The van der Waals surface area contributed by atoms with E-state index < -0.39 is 24.3 Å². The lowest BCUT2D eigenvalue weighted by Crippen LogP contribution is -2.44. The Balaban J connectivity index is 4.08. The van der Waals surface area contributed by atoms with Gasteiger partial charge < -0.3 is 33.3 Å². The predicted molar refractivity (Wildman–Crippen MR) is 417 cm³/mol. The van der Waals surface area contributed by atoms with Crippen molar-refractivity contribution in [3.05, 3.63) is 122 Å². The minimum Gasteiger partial charge on any atom is -0.545 e. The highest BCUT2D eigenvalue weighted by atomic mass is 16.7. The van der Waals surface area contributed by atoms with Crippen LogP contribution in [-0.4, -0.2) is 82.3 Å². The lowest BCUT2D eigenvalue weighted by atomic mass is 10.0. The van der Waals surface area contributed by atoms with Crippen LogP contribution in [0.1, 0.15) is 361 Å². The first-order valence-electron chi connectivity index (χ1n) is 40.7. The van der Waals surface area contributed by atoms with Gasteiger partial charge in [0.05, 0.1) is 40.3 Å². The lowest BCUT2D eigenvalue weighted by molar-refractivity contribution is -0.870. The average Bonchev–Trinajstić information content (AvgIpc) is 3.11. The number of quaternary nitrogens is 1. The normalized spacial score (nSPS) is 13.3. The topological polar surface area (TPSA) is 111 Å².